The molecule has 1 atom stereocenters. The van der Waals surface area contributed by atoms with E-state index in [2.05, 4.69) is 31.3 Å². The first kappa shape index (κ1) is 16.4. The lowest BCUT2D eigenvalue weighted by molar-refractivity contribution is -0.115. The Morgan fingerprint density at radius 1 is 1.09 bits per heavy atom. The van der Waals surface area contributed by atoms with Crippen molar-refractivity contribution in [2.45, 2.75) is 36.8 Å². The van der Waals surface area contributed by atoms with Crippen LogP contribution in [0.2, 0.25) is 0 Å². The molecule has 0 fully saturated rings. The number of benzene rings is 2. The van der Waals surface area contributed by atoms with Crippen molar-refractivity contribution in [1.82, 2.24) is 0 Å². The number of nitrogens with one attached hydrogen (secondary N) is 1. The summed E-state index contributed by atoms with van der Waals surface area (Å²) in [6, 6.07) is 15.6. The summed E-state index contributed by atoms with van der Waals surface area (Å²) in [6.45, 7) is 6.20. The molecule has 4 heteroatoms. The quantitative estimate of drug-likeness (QED) is 0.630. The molecule has 3 N–H and O–H groups in total. The van der Waals surface area contributed by atoms with Crippen LogP contribution in [0.15, 0.2) is 53.4 Å². The van der Waals surface area contributed by atoms with Gasteiger partial charge in [0, 0.05) is 16.3 Å². The van der Waals surface area contributed by atoms with Gasteiger partial charge in [0.05, 0.1) is 5.25 Å². The van der Waals surface area contributed by atoms with Crippen LogP contribution in [0.5, 0.6) is 0 Å². The summed E-state index contributed by atoms with van der Waals surface area (Å²) in [7, 11) is 0. The molecular formula is C18H22N2OS. The van der Waals surface area contributed by atoms with E-state index in [-0.39, 0.29) is 11.2 Å². The monoisotopic (exact) mass is 314 g/mol. The van der Waals surface area contributed by atoms with Crippen molar-refractivity contribution in [3.05, 3.63) is 54.1 Å². The highest BCUT2D eigenvalue weighted by Crippen LogP contribution is 2.26. The van der Waals surface area contributed by atoms with Crippen LogP contribution < -0.4 is 11.1 Å². The van der Waals surface area contributed by atoms with E-state index in [0.29, 0.717) is 11.6 Å². The zero-order chi connectivity index (χ0) is 16.1. The van der Waals surface area contributed by atoms with Gasteiger partial charge in [-0.15, -0.1) is 11.8 Å². The minimum Gasteiger partial charge on any atom is -0.399 e. The van der Waals surface area contributed by atoms with Gasteiger partial charge in [-0.25, -0.2) is 0 Å². The third-order valence-electron chi connectivity index (χ3n) is 3.39. The summed E-state index contributed by atoms with van der Waals surface area (Å²) in [5, 5.41) is 2.76. The van der Waals surface area contributed by atoms with E-state index in [0.717, 1.165) is 10.6 Å². The summed E-state index contributed by atoms with van der Waals surface area (Å²) >= 11 is 1.50. The van der Waals surface area contributed by atoms with Gasteiger partial charge in [0.1, 0.15) is 0 Å². The first-order valence-electron chi connectivity index (χ1n) is 7.38. The molecule has 22 heavy (non-hydrogen) atoms. The molecular weight excluding hydrogens is 292 g/mol. The molecule has 0 bridgehead atoms. The van der Waals surface area contributed by atoms with Gasteiger partial charge in [-0.1, -0.05) is 32.0 Å². The topological polar surface area (TPSA) is 55.1 Å². The highest BCUT2D eigenvalue weighted by molar-refractivity contribution is 8.00. The van der Waals surface area contributed by atoms with Crippen LogP contribution in [0.4, 0.5) is 11.4 Å². The van der Waals surface area contributed by atoms with E-state index >= 15 is 0 Å². The fourth-order valence-electron chi connectivity index (χ4n) is 2.04. The van der Waals surface area contributed by atoms with Gasteiger partial charge in [0.15, 0.2) is 0 Å². The molecule has 0 saturated carbocycles. The summed E-state index contributed by atoms with van der Waals surface area (Å²) in [5.41, 5.74) is 8.56. The zero-order valence-corrected chi connectivity index (χ0v) is 14.0. The predicted molar refractivity (Wildman–Crippen MR) is 95.3 cm³/mol. The Balaban J connectivity index is 1.96. The Morgan fingerprint density at radius 2 is 1.77 bits per heavy atom. The number of anilines is 2. The third-order valence-corrected chi connectivity index (χ3v) is 4.48. The molecule has 1 amide bonds. The highest BCUT2D eigenvalue weighted by Gasteiger charge is 2.14. The molecule has 0 aromatic heterocycles. The number of hydrogen-bond donors (Lipinski definition) is 2. The molecule has 0 spiro atoms. The van der Waals surface area contributed by atoms with Gasteiger partial charge >= 0.3 is 0 Å². The minimum atomic E-state index is -0.188. The molecule has 2 aromatic rings. The summed E-state index contributed by atoms with van der Waals surface area (Å²) in [5.74, 6) is 0.479. The average molecular weight is 314 g/mol. The molecule has 2 rings (SSSR count). The molecule has 0 saturated heterocycles. The summed E-state index contributed by atoms with van der Waals surface area (Å²) in [6.07, 6.45) is 0. The normalized spacial score (nSPS) is 12.2. The van der Waals surface area contributed by atoms with Crippen molar-refractivity contribution >= 4 is 29.0 Å². The Bertz CT molecular complexity index is 638. The molecule has 0 aliphatic rings. The second-order valence-electron chi connectivity index (χ2n) is 5.60. The maximum atomic E-state index is 12.3. The van der Waals surface area contributed by atoms with Crippen LogP contribution >= 0.6 is 11.8 Å². The molecule has 0 radical (unpaired) electrons. The maximum Gasteiger partial charge on any atom is 0.237 e. The van der Waals surface area contributed by atoms with E-state index in [1.165, 1.54) is 17.3 Å². The molecule has 1 unspecified atom stereocenters. The average Bonchev–Trinajstić information content (AvgIpc) is 2.47. The number of carbonyl (C=O) groups is 1. The smallest absolute Gasteiger partial charge is 0.237 e. The van der Waals surface area contributed by atoms with Crippen LogP contribution in [-0.4, -0.2) is 11.2 Å². The number of rotatable bonds is 5. The standard InChI is InChI=1S/C18H22N2OS/c1-12(2)14-7-9-16(10-8-14)20-18(21)13(3)22-17-6-4-5-15(19)11-17/h4-13H,19H2,1-3H3,(H,20,21). The number of amides is 1. The van der Waals surface area contributed by atoms with E-state index in [9.17, 15) is 4.79 Å². The number of hydrogen-bond acceptors (Lipinski definition) is 3. The fraction of sp³-hybridized carbons (Fsp3) is 0.278. The lowest BCUT2D eigenvalue weighted by Crippen LogP contribution is -2.22. The molecule has 0 aliphatic heterocycles. The van der Waals surface area contributed by atoms with Crippen molar-refractivity contribution in [3.63, 3.8) is 0 Å². The van der Waals surface area contributed by atoms with Crippen molar-refractivity contribution in [2.24, 2.45) is 0 Å². The van der Waals surface area contributed by atoms with Gasteiger partial charge in [-0.05, 0) is 48.7 Å². The minimum absolute atomic E-state index is 0.00952. The maximum absolute atomic E-state index is 12.3. The Kier molecular flexibility index (Phi) is 5.50. The van der Waals surface area contributed by atoms with E-state index < -0.39 is 0 Å². The first-order chi connectivity index (χ1) is 10.5. The van der Waals surface area contributed by atoms with E-state index in [1.54, 1.807) is 0 Å². The van der Waals surface area contributed by atoms with Crippen molar-refractivity contribution in [1.29, 1.82) is 0 Å². The predicted octanol–water partition coefficient (Wildman–Crippen LogP) is 4.51. The van der Waals surface area contributed by atoms with Crippen LogP contribution in [0, 0.1) is 0 Å². The lowest BCUT2D eigenvalue weighted by atomic mass is 10.0. The second-order valence-corrected chi connectivity index (χ2v) is 7.01. The molecule has 0 heterocycles. The van der Waals surface area contributed by atoms with Crippen LogP contribution in [0.3, 0.4) is 0 Å². The summed E-state index contributed by atoms with van der Waals surface area (Å²) in [4.78, 5) is 13.3. The van der Waals surface area contributed by atoms with Crippen molar-refractivity contribution in [2.75, 3.05) is 11.1 Å². The number of nitrogen functional groups attached to an aromatic ring is 1. The molecule has 2 aromatic carbocycles. The van der Waals surface area contributed by atoms with Crippen molar-refractivity contribution in [3.8, 4) is 0 Å². The lowest BCUT2D eigenvalue weighted by Gasteiger charge is -2.13. The van der Waals surface area contributed by atoms with Gasteiger partial charge in [0.2, 0.25) is 5.91 Å². The SMILES string of the molecule is CC(Sc1cccc(N)c1)C(=O)Nc1ccc(C(C)C)cc1. The van der Waals surface area contributed by atoms with Gasteiger partial charge in [-0.3, -0.25) is 4.79 Å². The van der Waals surface area contributed by atoms with Crippen LogP contribution in [0.25, 0.3) is 0 Å². The zero-order valence-electron chi connectivity index (χ0n) is 13.2. The van der Waals surface area contributed by atoms with E-state index in [1.807, 2.05) is 43.3 Å². The van der Waals surface area contributed by atoms with Crippen molar-refractivity contribution < 1.29 is 4.79 Å². The Morgan fingerprint density at radius 3 is 2.36 bits per heavy atom. The highest BCUT2D eigenvalue weighted by atomic mass is 32.2. The number of carbonyl (C=O) groups excluding carboxylic acids is 1. The largest absolute Gasteiger partial charge is 0.399 e. The summed E-state index contributed by atoms with van der Waals surface area (Å²) < 4.78 is 0. The first-order valence-corrected chi connectivity index (χ1v) is 8.26. The van der Waals surface area contributed by atoms with Gasteiger partial charge < -0.3 is 11.1 Å². The van der Waals surface area contributed by atoms with Crippen LogP contribution in [0.1, 0.15) is 32.3 Å². The second kappa shape index (κ2) is 7.36. The Hall–Kier alpha value is -1.94. The molecule has 3 nitrogen and oxygen atoms in total. The van der Waals surface area contributed by atoms with Crippen LogP contribution in [-0.2, 0) is 4.79 Å². The number of nitrogens with two attached hydrogens (primary N) is 1. The van der Waals surface area contributed by atoms with Gasteiger partial charge in [-0.2, -0.15) is 0 Å². The van der Waals surface area contributed by atoms with Gasteiger partial charge in [0.25, 0.3) is 0 Å². The fourth-order valence-corrected chi connectivity index (χ4v) is 2.98. The molecule has 116 valence electrons. The molecule has 0 aliphatic carbocycles. The Labute approximate surface area is 136 Å². The number of thioether (sulfide) groups is 1. The third kappa shape index (κ3) is 4.53. The van der Waals surface area contributed by atoms with E-state index in [4.69, 9.17) is 5.73 Å².